The number of para-hydroxylation sites is 1. The summed E-state index contributed by atoms with van der Waals surface area (Å²) in [4.78, 5) is 28.8. The third-order valence-corrected chi connectivity index (χ3v) is 5.70. The number of piperazine rings is 1. The molecule has 30 heavy (non-hydrogen) atoms. The van der Waals surface area contributed by atoms with E-state index in [0.717, 1.165) is 39.0 Å². The first-order valence-electron chi connectivity index (χ1n) is 10.3. The number of nitrogens with two attached hydrogens (primary N) is 1. The van der Waals surface area contributed by atoms with E-state index in [1.807, 2.05) is 23.1 Å². The average molecular weight is 461 g/mol. The number of carbonyl (C=O) groups is 2. The van der Waals surface area contributed by atoms with Crippen LogP contribution >= 0.6 is 24.8 Å². The molecule has 1 aromatic carbocycles. The molecular weight excluding hydrogens is 427 g/mol. The summed E-state index contributed by atoms with van der Waals surface area (Å²) in [5, 5.41) is 2.88. The van der Waals surface area contributed by atoms with Crippen LogP contribution < -0.4 is 16.0 Å². The quantitative estimate of drug-likeness (QED) is 0.605. The standard InChI is InChI=1S/C21H32N4O3.2ClH/c22-20(17-8-15-28-16-9-17)21(27)23-10-4-7-19(26)25-13-11-24(12-14-25)18-5-2-1-3-6-18;;/h1-3,5-6,17,20H,4,7-16,22H2,(H,23,27);2*1H. The Hall–Kier alpha value is -1.54. The van der Waals surface area contributed by atoms with Crippen LogP contribution in [0.4, 0.5) is 5.69 Å². The van der Waals surface area contributed by atoms with Gasteiger partial charge in [0.15, 0.2) is 0 Å². The molecule has 1 atom stereocenters. The number of carbonyl (C=O) groups excluding carboxylic acids is 2. The maximum Gasteiger partial charge on any atom is 0.237 e. The van der Waals surface area contributed by atoms with Crippen molar-refractivity contribution >= 4 is 42.3 Å². The van der Waals surface area contributed by atoms with Crippen molar-refractivity contribution in [3.05, 3.63) is 30.3 Å². The third-order valence-electron chi connectivity index (χ3n) is 5.70. The summed E-state index contributed by atoms with van der Waals surface area (Å²) in [6, 6.07) is 9.81. The predicted octanol–water partition coefficient (Wildman–Crippen LogP) is 1.83. The SMILES string of the molecule is Cl.Cl.NC(C(=O)NCCCC(=O)N1CCN(c2ccccc2)CC1)C1CCOCC1. The minimum atomic E-state index is -0.481. The van der Waals surface area contributed by atoms with Crippen LogP contribution in [0.5, 0.6) is 0 Å². The molecule has 2 saturated heterocycles. The average Bonchev–Trinajstić information content (AvgIpc) is 2.77. The summed E-state index contributed by atoms with van der Waals surface area (Å²) in [6.45, 7) is 5.04. The number of nitrogens with zero attached hydrogens (tertiary/aromatic N) is 2. The number of hydrogen-bond acceptors (Lipinski definition) is 5. The van der Waals surface area contributed by atoms with Crippen LogP contribution in [0.25, 0.3) is 0 Å². The van der Waals surface area contributed by atoms with Crippen molar-refractivity contribution in [2.24, 2.45) is 11.7 Å². The van der Waals surface area contributed by atoms with Gasteiger partial charge in [0.1, 0.15) is 0 Å². The van der Waals surface area contributed by atoms with E-state index in [9.17, 15) is 9.59 Å². The van der Waals surface area contributed by atoms with Crippen molar-refractivity contribution in [2.45, 2.75) is 31.7 Å². The van der Waals surface area contributed by atoms with Crippen molar-refractivity contribution < 1.29 is 14.3 Å². The van der Waals surface area contributed by atoms with Crippen molar-refractivity contribution in [3.63, 3.8) is 0 Å². The Morgan fingerprint density at radius 1 is 1.07 bits per heavy atom. The topological polar surface area (TPSA) is 87.9 Å². The van der Waals surface area contributed by atoms with Crippen LogP contribution in [0, 0.1) is 5.92 Å². The summed E-state index contributed by atoms with van der Waals surface area (Å²) in [7, 11) is 0. The second-order valence-corrected chi connectivity index (χ2v) is 7.57. The number of hydrogen-bond donors (Lipinski definition) is 2. The van der Waals surface area contributed by atoms with Gasteiger partial charge in [0.05, 0.1) is 6.04 Å². The van der Waals surface area contributed by atoms with Crippen molar-refractivity contribution in [2.75, 3.05) is 50.8 Å². The van der Waals surface area contributed by atoms with Crippen molar-refractivity contribution in [3.8, 4) is 0 Å². The fourth-order valence-electron chi connectivity index (χ4n) is 3.87. The Morgan fingerprint density at radius 3 is 2.33 bits per heavy atom. The maximum absolute atomic E-state index is 12.4. The third kappa shape index (κ3) is 7.61. The highest BCUT2D eigenvalue weighted by Gasteiger charge is 2.26. The van der Waals surface area contributed by atoms with Gasteiger partial charge in [-0.15, -0.1) is 24.8 Å². The zero-order chi connectivity index (χ0) is 19.8. The lowest BCUT2D eigenvalue weighted by atomic mass is 9.92. The summed E-state index contributed by atoms with van der Waals surface area (Å²) >= 11 is 0. The monoisotopic (exact) mass is 460 g/mol. The number of amides is 2. The van der Waals surface area contributed by atoms with Crippen molar-refractivity contribution in [1.29, 1.82) is 0 Å². The fourth-order valence-corrected chi connectivity index (χ4v) is 3.87. The van der Waals surface area contributed by atoms with Gasteiger partial charge in [-0.25, -0.2) is 0 Å². The van der Waals surface area contributed by atoms with Gasteiger partial charge in [0.2, 0.25) is 11.8 Å². The number of nitrogens with one attached hydrogen (secondary N) is 1. The molecule has 0 saturated carbocycles. The van der Waals surface area contributed by atoms with Crippen LogP contribution in [0.1, 0.15) is 25.7 Å². The molecule has 2 fully saturated rings. The number of benzene rings is 1. The Labute approximate surface area is 191 Å². The molecule has 2 aliphatic heterocycles. The summed E-state index contributed by atoms with van der Waals surface area (Å²) < 4.78 is 5.31. The Bertz CT molecular complexity index is 636. The van der Waals surface area contributed by atoms with Gasteiger partial charge < -0.3 is 25.6 Å². The van der Waals surface area contributed by atoms with Gasteiger partial charge in [0, 0.05) is 58.0 Å². The number of halogens is 2. The molecular formula is C21H34Cl2N4O3. The zero-order valence-electron chi connectivity index (χ0n) is 17.3. The lowest BCUT2D eigenvalue weighted by Crippen LogP contribution is -2.49. The molecule has 2 heterocycles. The lowest BCUT2D eigenvalue weighted by molar-refractivity contribution is -0.132. The predicted molar refractivity (Wildman–Crippen MR) is 123 cm³/mol. The number of ether oxygens (including phenoxy) is 1. The van der Waals surface area contributed by atoms with E-state index < -0.39 is 6.04 Å². The van der Waals surface area contributed by atoms with Crippen molar-refractivity contribution in [1.82, 2.24) is 10.2 Å². The van der Waals surface area contributed by atoms with Gasteiger partial charge >= 0.3 is 0 Å². The summed E-state index contributed by atoms with van der Waals surface area (Å²) in [5.41, 5.74) is 7.27. The van der Waals surface area contributed by atoms with Gasteiger partial charge in [-0.1, -0.05) is 18.2 Å². The molecule has 9 heteroatoms. The second kappa shape index (κ2) is 13.7. The molecule has 2 aliphatic rings. The molecule has 0 aromatic heterocycles. The maximum atomic E-state index is 12.4. The number of rotatable bonds is 7. The Kier molecular flexibility index (Phi) is 12.1. The van der Waals surface area contributed by atoms with Crippen LogP contribution in [-0.4, -0.2) is 68.7 Å². The van der Waals surface area contributed by atoms with Gasteiger partial charge in [-0.2, -0.15) is 0 Å². The molecule has 2 amide bonds. The molecule has 0 bridgehead atoms. The van der Waals surface area contributed by atoms with E-state index in [-0.39, 0.29) is 42.5 Å². The van der Waals surface area contributed by atoms with E-state index in [4.69, 9.17) is 10.5 Å². The normalized spacial score (nSPS) is 18.0. The first kappa shape index (κ1) is 26.5. The van der Waals surface area contributed by atoms with E-state index in [0.29, 0.717) is 32.6 Å². The van der Waals surface area contributed by atoms with E-state index in [1.165, 1.54) is 5.69 Å². The molecule has 0 radical (unpaired) electrons. The van der Waals surface area contributed by atoms with Crippen LogP contribution in [0.15, 0.2) is 30.3 Å². The minimum Gasteiger partial charge on any atom is -0.381 e. The van der Waals surface area contributed by atoms with Crippen LogP contribution in [0.3, 0.4) is 0 Å². The molecule has 0 aliphatic carbocycles. The van der Waals surface area contributed by atoms with Crippen LogP contribution in [-0.2, 0) is 14.3 Å². The molecule has 3 rings (SSSR count). The van der Waals surface area contributed by atoms with Crippen LogP contribution in [0.2, 0.25) is 0 Å². The van der Waals surface area contributed by atoms with E-state index >= 15 is 0 Å². The second-order valence-electron chi connectivity index (χ2n) is 7.57. The van der Waals surface area contributed by atoms with Gasteiger partial charge in [-0.05, 0) is 37.3 Å². The molecule has 1 unspecified atom stereocenters. The lowest BCUT2D eigenvalue weighted by Gasteiger charge is -2.36. The molecule has 170 valence electrons. The van der Waals surface area contributed by atoms with E-state index in [2.05, 4.69) is 22.3 Å². The molecule has 1 aromatic rings. The first-order valence-corrected chi connectivity index (χ1v) is 10.3. The van der Waals surface area contributed by atoms with Gasteiger partial charge in [-0.3, -0.25) is 9.59 Å². The highest BCUT2D eigenvalue weighted by Crippen LogP contribution is 2.18. The Morgan fingerprint density at radius 2 is 1.70 bits per heavy atom. The summed E-state index contributed by atoms with van der Waals surface area (Å²) in [6.07, 6.45) is 2.77. The molecule has 7 nitrogen and oxygen atoms in total. The van der Waals surface area contributed by atoms with Gasteiger partial charge in [0.25, 0.3) is 0 Å². The highest BCUT2D eigenvalue weighted by molar-refractivity contribution is 5.85. The smallest absolute Gasteiger partial charge is 0.237 e. The van der Waals surface area contributed by atoms with E-state index in [1.54, 1.807) is 0 Å². The minimum absolute atomic E-state index is 0. The summed E-state index contributed by atoms with van der Waals surface area (Å²) in [5.74, 6) is 0.239. The largest absolute Gasteiger partial charge is 0.381 e. The molecule has 3 N–H and O–H groups in total. The number of anilines is 1. The fraction of sp³-hybridized carbons (Fsp3) is 0.619. The zero-order valence-corrected chi connectivity index (χ0v) is 19.0. The first-order chi connectivity index (χ1) is 13.6. The Balaban J connectivity index is 0.00000225. The highest BCUT2D eigenvalue weighted by atomic mass is 35.5. The molecule has 0 spiro atoms.